The normalized spacial score (nSPS) is 19.5. The van der Waals surface area contributed by atoms with Gasteiger partial charge in [-0.15, -0.1) is 0 Å². The van der Waals surface area contributed by atoms with E-state index in [9.17, 15) is 18.0 Å². The van der Waals surface area contributed by atoms with Gasteiger partial charge < -0.3 is 4.79 Å². The molecule has 0 bridgehead atoms. The third kappa shape index (κ3) is 3.13. The average Bonchev–Trinajstić information content (AvgIpc) is 2.69. The summed E-state index contributed by atoms with van der Waals surface area (Å²) in [5, 5.41) is 5.53. The van der Waals surface area contributed by atoms with Crippen LogP contribution in [0.1, 0.15) is 18.9 Å². The lowest BCUT2D eigenvalue weighted by molar-refractivity contribution is -0.127. The van der Waals surface area contributed by atoms with Gasteiger partial charge in [0, 0.05) is 12.1 Å². The Balaban J connectivity index is 2.37. The van der Waals surface area contributed by atoms with Crippen LogP contribution in [0.25, 0.3) is 0 Å². The summed E-state index contributed by atoms with van der Waals surface area (Å²) in [4.78, 5) is 11.0. The highest BCUT2D eigenvalue weighted by molar-refractivity contribution is 5.91. The Labute approximate surface area is 108 Å². The number of anilines is 1. The molecule has 0 spiro atoms. The quantitative estimate of drug-likeness (QED) is 0.791. The van der Waals surface area contributed by atoms with Crippen molar-refractivity contribution < 1.29 is 18.0 Å². The summed E-state index contributed by atoms with van der Waals surface area (Å²) in [5.74, 6) is 0. The van der Waals surface area contributed by atoms with Crippen LogP contribution in [-0.2, 0) is 11.2 Å². The highest BCUT2D eigenvalue weighted by Gasteiger charge is 2.32. The van der Waals surface area contributed by atoms with Crippen molar-refractivity contribution in [3.8, 4) is 0 Å². The van der Waals surface area contributed by atoms with E-state index in [4.69, 9.17) is 0 Å². The standard InChI is InChI=1S/C13H13F3N2O/c1-9-6-11(8-19)18(17-9)12-5-3-2-4-10(12)7-13(14,15)16/h2-5,8,11H,6-7H2,1H3. The number of alkyl halides is 3. The Morgan fingerprint density at radius 2 is 2.11 bits per heavy atom. The Morgan fingerprint density at radius 1 is 1.42 bits per heavy atom. The summed E-state index contributed by atoms with van der Waals surface area (Å²) in [6.07, 6.45) is -4.15. The van der Waals surface area contributed by atoms with Crippen LogP contribution in [0.3, 0.4) is 0 Å². The van der Waals surface area contributed by atoms with Crippen molar-refractivity contribution in [3.05, 3.63) is 29.8 Å². The molecule has 6 heteroatoms. The fraction of sp³-hybridized carbons (Fsp3) is 0.385. The summed E-state index contributed by atoms with van der Waals surface area (Å²) in [6, 6.07) is 5.63. The Kier molecular flexibility index (Phi) is 3.59. The van der Waals surface area contributed by atoms with Gasteiger partial charge in [-0.1, -0.05) is 18.2 Å². The smallest absolute Gasteiger partial charge is 0.301 e. The van der Waals surface area contributed by atoms with E-state index in [1.807, 2.05) is 0 Å². The summed E-state index contributed by atoms with van der Waals surface area (Å²) < 4.78 is 37.6. The highest BCUT2D eigenvalue weighted by atomic mass is 19.4. The van der Waals surface area contributed by atoms with Crippen LogP contribution in [0.5, 0.6) is 0 Å². The molecule has 0 radical (unpaired) electrons. The van der Waals surface area contributed by atoms with Crippen molar-refractivity contribution in [3.63, 3.8) is 0 Å². The number of hydrogen-bond acceptors (Lipinski definition) is 3. The van der Waals surface area contributed by atoms with Crippen molar-refractivity contribution in [1.82, 2.24) is 0 Å². The fourth-order valence-corrected chi connectivity index (χ4v) is 2.13. The van der Waals surface area contributed by atoms with Crippen molar-refractivity contribution in [1.29, 1.82) is 0 Å². The van der Waals surface area contributed by atoms with Crippen molar-refractivity contribution in [2.75, 3.05) is 5.01 Å². The van der Waals surface area contributed by atoms with Crippen LogP contribution in [0, 0.1) is 0 Å². The number of carbonyl (C=O) groups is 1. The predicted octanol–water partition coefficient (Wildman–Crippen LogP) is 2.94. The van der Waals surface area contributed by atoms with E-state index in [-0.39, 0.29) is 5.56 Å². The van der Waals surface area contributed by atoms with Crippen molar-refractivity contribution in [2.24, 2.45) is 5.10 Å². The Morgan fingerprint density at radius 3 is 2.74 bits per heavy atom. The molecular weight excluding hydrogens is 257 g/mol. The van der Waals surface area contributed by atoms with E-state index in [1.54, 1.807) is 25.1 Å². The molecule has 102 valence electrons. The van der Waals surface area contributed by atoms with Crippen LogP contribution >= 0.6 is 0 Å². The number of carbonyl (C=O) groups excluding carboxylic acids is 1. The average molecular weight is 270 g/mol. The molecule has 2 rings (SSSR count). The molecule has 0 aromatic heterocycles. The first-order chi connectivity index (χ1) is 8.90. The summed E-state index contributed by atoms with van der Waals surface area (Å²) in [6.45, 7) is 1.75. The number of hydrogen-bond donors (Lipinski definition) is 0. The molecule has 0 N–H and O–H groups in total. The molecule has 0 amide bonds. The molecule has 1 aromatic rings. The minimum absolute atomic E-state index is 0.125. The minimum Gasteiger partial charge on any atom is -0.301 e. The second-order valence-corrected chi connectivity index (χ2v) is 4.51. The predicted molar refractivity (Wildman–Crippen MR) is 66.3 cm³/mol. The number of rotatable bonds is 3. The Bertz CT molecular complexity index is 511. The zero-order valence-electron chi connectivity index (χ0n) is 10.3. The summed E-state index contributed by atoms with van der Waals surface area (Å²) in [7, 11) is 0. The molecule has 1 aliphatic heterocycles. The molecule has 0 fully saturated rings. The zero-order chi connectivity index (χ0) is 14.0. The van der Waals surface area contributed by atoms with Crippen LogP contribution in [0.15, 0.2) is 29.4 Å². The lowest BCUT2D eigenvalue weighted by Crippen LogP contribution is -2.29. The third-order valence-corrected chi connectivity index (χ3v) is 2.88. The molecule has 19 heavy (non-hydrogen) atoms. The minimum atomic E-state index is -4.29. The van der Waals surface area contributed by atoms with Crippen LogP contribution in [0.4, 0.5) is 18.9 Å². The number of halogens is 3. The lowest BCUT2D eigenvalue weighted by Gasteiger charge is -2.22. The molecule has 0 aliphatic carbocycles. The van der Waals surface area contributed by atoms with Gasteiger partial charge in [-0.3, -0.25) is 5.01 Å². The molecule has 1 aliphatic rings. The van der Waals surface area contributed by atoms with E-state index >= 15 is 0 Å². The second-order valence-electron chi connectivity index (χ2n) is 4.51. The van der Waals surface area contributed by atoms with Gasteiger partial charge >= 0.3 is 6.18 Å². The molecule has 1 unspecified atom stereocenters. The van der Waals surface area contributed by atoms with Gasteiger partial charge in [0.1, 0.15) is 12.3 Å². The van der Waals surface area contributed by atoms with Crippen molar-refractivity contribution >= 4 is 17.7 Å². The maximum absolute atomic E-state index is 12.5. The zero-order valence-corrected chi connectivity index (χ0v) is 10.3. The van der Waals surface area contributed by atoms with Gasteiger partial charge in [0.2, 0.25) is 0 Å². The molecule has 0 saturated heterocycles. The van der Waals surface area contributed by atoms with Gasteiger partial charge in [-0.05, 0) is 18.6 Å². The van der Waals surface area contributed by atoms with E-state index in [0.717, 1.165) is 5.71 Å². The fourth-order valence-electron chi connectivity index (χ4n) is 2.13. The molecule has 3 nitrogen and oxygen atoms in total. The Hall–Kier alpha value is -1.85. The number of nitrogens with zero attached hydrogens (tertiary/aromatic N) is 2. The maximum Gasteiger partial charge on any atom is 0.393 e. The number of aldehydes is 1. The molecular formula is C13H13F3N2O. The first-order valence-corrected chi connectivity index (χ1v) is 5.84. The van der Waals surface area contributed by atoms with Crippen LogP contribution in [0.2, 0.25) is 0 Å². The van der Waals surface area contributed by atoms with Gasteiger partial charge in [0.05, 0.1) is 12.1 Å². The molecule has 1 aromatic carbocycles. The third-order valence-electron chi connectivity index (χ3n) is 2.88. The molecule has 1 atom stereocenters. The summed E-state index contributed by atoms with van der Waals surface area (Å²) in [5.41, 5.74) is 1.20. The van der Waals surface area contributed by atoms with Crippen LogP contribution in [-0.4, -0.2) is 24.2 Å². The SMILES string of the molecule is CC1=NN(c2ccccc2CC(F)(F)F)C(C=O)C1. The maximum atomic E-state index is 12.5. The monoisotopic (exact) mass is 270 g/mol. The molecule has 0 saturated carbocycles. The van der Waals surface area contributed by atoms with Gasteiger partial charge in [0.15, 0.2) is 0 Å². The van der Waals surface area contributed by atoms with Crippen LogP contribution < -0.4 is 5.01 Å². The van der Waals surface area contributed by atoms with E-state index in [1.165, 1.54) is 11.1 Å². The number of hydrazone groups is 1. The van der Waals surface area contributed by atoms with Gasteiger partial charge in [-0.2, -0.15) is 18.3 Å². The number of benzene rings is 1. The van der Waals surface area contributed by atoms with Gasteiger partial charge in [-0.25, -0.2) is 0 Å². The number of para-hydroxylation sites is 1. The highest BCUT2D eigenvalue weighted by Crippen LogP contribution is 2.31. The first kappa shape index (κ1) is 13.6. The van der Waals surface area contributed by atoms with Gasteiger partial charge in [0.25, 0.3) is 0 Å². The largest absolute Gasteiger partial charge is 0.393 e. The van der Waals surface area contributed by atoms with Crippen molar-refractivity contribution in [2.45, 2.75) is 32.0 Å². The van der Waals surface area contributed by atoms with E-state index < -0.39 is 18.6 Å². The molecule has 1 heterocycles. The first-order valence-electron chi connectivity index (χ1n) is 5.84. The lowest BCUT2D eigenvalue weighted by atomic mass is 10.1. The van der Waals surface area contributed by atoms with E-state index in [2.05, 4.69) is 5.10 Å². The topological polar surface area (TPSA) is 32.7 Å². The van der Waals surface area contributed by atoms with E-state index in [0.29, 0.717) is 18.4 Å². The summed E-state index contributed by atoms with van der Waals surface area (Å²) >= 11 is 0. The second kappa shape index (κ2) is 5.03.